The van der Waals surface area contributed by atoms with Crippen LogP contribution in [0.2, 0.25) is 5.02 Å². The van der Waals surface area contributed by atoms with Crippen molar-refractivity contribution >= 4 is 17.5 Å². The van der Waals surface area contributed by atoms with Crippen molar-refractivity contribution in [1.82, 2.24) is 9.97 Å². The number of nitrogens with one attached hydrogen (secondary N) is 1. The molecular weight excluding hydrogens is 186 g/mol. The summed E-state index contributed by atoms with van der Waals surface area (Å²) in [6.07, 6.45) is 9.16. The molecule has 13 heavy (non-hydrogen) atoms. The fourth-order valence-electron chi connectivity index (χ4n) is 0.804. The summed E-state index contributed by atoms with van der Waals surface area (Å²) in [6.45, 7) is 1.99. The summed E-state index contributed by atoms with van der Waals surface area (Å²) in [4.78, 5) is 7.93. The predicted molar refractivity (Wildman–Crippen MR) is 53.6 cm³/mol. The Morgan fingerprint density at radius 2 is 2.23 bits per heavy atom. The highest BCUT2D eigenvalue weighted by Crippen LogP contribution is 2.06. The number of nitrogens with zero attached hydrogens (tertiary/aromatic N) is 2. The largest absolute Gasteiger partial charge is 0.341 e. The smallest absolute Gasteiger partial charge is 0.223 e. The van der Waals surface area contributed by atoms with E-state index in [-0.39, 0.29) is 6.04 Å². The summed E-state index contributed by atoms with van der Waals surface area (Å²) in [6, 6.07) is -0.0267. The van der Waals surface area contributed by atoms with Gasteiger partial charge in [-0.25, -0.2) is 9.97 Å². The summed E-state index contributed by atoms with van der Waals surface area (Å²) in [5.74, 6) is 3.10. The molecule has 0 spiro atoms. The van der Waals surface area contributed by atoms with E-state index in [1.807, 2.05) is 6.92 Å². The summed E-state index contributed by atoms with van der Waals surface area (Å²) >= 11 is 5.62. The Morgan fingerprint density at radius 1 is 1.62 bits per heavy atom. The van der Waals surface area contributed by atoms with Crippen LogP contribution in [0.25, 0.3) is 0 Å². The van der Waals surface area contributed by atoms with Gasteiger partial charge in [-0.3, -0.25) is 0 Å². The average molecular weight is 196 g/mol. The number of anilines is 1. The van der Waals surface area contributed by atoms with E-state index in [2.05, 4.69) is 21.2 Å². The lowest BCUT2D eigenvalue weighted by atomic mass is 10.2. The summed E-state index contributed by atoms with van der Waals surface area (Å²) in [7, 11) is 0. The second-order valence-corrected chi connectivity index (χ2v) is 2.93. The van der Waals surface area contributed by atoms with Crippen LogP contribution in [0.5, 0.6) is 0 Å². The van der Waals surface area contributed by atoms with Crippen molar-refractivity contribution in [2.75, 3.05) is 5.32 Å². The molecule has 0 amide bonds. The van der Waals surface area contributed by atoms with Gasteiger partial charge >= 0.3 is 0 Å². The van der Waals surface area contributed by atoms with Gasteiger partial charge in [0.2, 0.25) is 5.95 Å². The maximum absolute atomic E-state index is 5.62. The van der Waals surface area contributed by atoms with E-state index in [1.165, 1.54) is 12.4 Å². The van der Waals surface area contributed by atoms with Gasteiger partial charge in [0.25, 0.3) is 0 Å². The molecule has 0 aliphatic carbocycles. The third kappa shape index (κ3) is 2.92. The molecule has 0 aliphatic heterocycles. The van der Waals surface area contributed by atoms with Crippen LogP contribution in [0.15, 0.2) is 12.4 Å². The molecule has 1 N–H and O–H groups in total. The Balaban J connectivity index is 2.64. The molecule has 0 bridgehead atoms. The number of terminal acetylenes is 1. The maximum Gasteiger partial charge on any atom is 0.223 e. The minimum atomic E-state index is -0.0267. The highest BCUT2D eigenvalue weighted by molar-refractivity contribution is 6.30. The first-order valence-corrected chi connectivity index (χ1v) is 4.34. The molecule has 1 rings (SSSR count). The highest BCUT2D eigenvalue weighted by Gasteiger charge is 2.02. The normalized spacial score (nSPS) is 11.8. The lowest BCUT2D eigenvalue weighted by Crippen LogP contribution is -2.17. The van der Waals surface area contributed by atoms with E-state index in [1.54, 1.807) is 0 Å². The van der Waals surface area contributed by atoms with Crippen molar-refractivity contribution in [1.29, 1.82) is 0 Å². The fourth-order valence-corrected chi connectivity index (χ4v) is 0.902. The Bertz CT molecular complexity index is 302. The fraction of sp³-hybridized carbons (Fsp3) is 0.333. The van der Waals surface area contributed by atoms with Crippen LogP contribution in [0.1, 0.15) is 13.3 Å². The Morgan fingerprint density at radius 3 is 2.69 bits per heavy atom. The number of aromatic nitrogens is 2. The van der Waals surface area contributed by atoms with Crippen LogP contribution in [-0.2, 0) is 0 Å². The highest BCUT2D eigenvalue weighted by atomic mass is 35.5. The van der Waals surface area contributed by atoms with E-state index >= 15 is 0 Å². The van der Waals surface area contributed by atoms with Crippen molar-refractivity contribution in [3.8, 4) is 12.3 Å². The van der Waals surface area contributed by atoms with Gasteiger partial charge in [-0.1, -0.05) is 24.4 Å². The predicted octanol–water partition coefficient (Wildman–Crippen LogP) is 1.95. The quantitative estimate of drug-likeness (QED) is 0.750. The molecule has 1 atom stereocenters. The second kappa shape index (κ2) is 4.68. The Hall–Kier alpha value is -1.27. The van der Waals surface area contributed by atoms with Gasteiger partial charge in [-0.2, -0.15) is 0 Å². The number of hydrogen-bond donors (Lipinski definition) is 1. The van der Waals surface area contributed by atoms with Crippen molar-refractivity contribution in [3.05, 3.63) is 17.4 Å². The summed E-state index contributed by atoms with van der Waals surface area (Å²) < 4.78 is 0. The van der Waals surface area contributed by atoms with Crippen molar-refractivity contribution < 1.29 is 0 Å². The molecule has 3 nitrogen and oxygen atoms in total. The molecule has 0 fully saturated rings. The minimum absolute atomic E-state index is 0.0267. The molecule has 0 saturated heterocycles. The molecule has 1 aromatic heterocycles. The monoisotopic (exact) mass is 195 g/mol. The van der Waals surface area contributed by atoms with Crippen molar-refractivity contribution in [2.45, 2.75) is 19.4 Å². The van der Waals surface area contributed by atoms with Crippen LogP contribution in [0.3, 0.4) is 0 Å². The van der Waals surface area contributed by atoms with Gasteiger partial charge in [0.1, 0.15) is 0 Å². The number of hydrogen-bond acceptors (Lipinski definition) is 3. The van der Waals surface area contributed by atoms with Gasteiger partial charge < -0.3 is 5.32 Å². The molecule has 1 aromatic rings. The van der Waals surface area contributed by atoms with E-state index in [0.29, 0.717) is 11.0 Å². The Kier molecular flexibility index (Phi) is 3.53. The zero-order chi connectivity index (χ0) is 9.68. The van der Waals surface area contributed by atoms with Crippen molar-refractivity contribution in [3.63, 3.8) is 0 Å². The van der Waals surface area contributed by atoms with E-state index in [0.717, 1.165) is 6.42 Å². The Labute approximate surface area is 82.5 Å². The average Bonchev–Trinajstić information content (AvgIpc) is 2.17. The molecule has 4 heteroatoms. The van der Waals surface area contributed by atoms with Crippen LogP contribution in [0, 0.1) is 12.3 Å². The third-order valence-corrected chi connectivity index (χ3v) is 1.73. The SMILES string of the molecule is C#CC(CC)Nc1ncc(Cl)cn1. The summed E-state index contributed by atoms with van der Waals surface area (Å²) in [5, 5.41) is 3.50. The van der Waals surface area contributed by atoms with Gasteiger partial charge in [0, 0.05) is 0 Å². The van der Waals surface area contributed by atoms with Crippen molar-refractivity contribution in [2.24, 2.45) is 0 Å². The first-order valence-electron chi connectivity index (χ1n) is 3.96. The molecule has 0 radical (unpaired) electrons. The standard InChI is InChI=1S/C9H10ClN3/c1-3-8(4-2)13-9-11-5-7(10)6-12-9/h1,5-6,8H,4H2,2H3,(H,11,12,13). The lowest BCUT2D eigenvalue weighted by molar-refractivity contribution is 0.841. The van der Waals surface area contributed by atoms with E-state index in [9.17, 15) is 0 Å². The van der Waals surface area contributed by atoms with Gasteiger partial charge in [-0.15, -0.1) is 6.42 Å². The van der Waals surface area contributed by atoms with Crippen LogP contribution >= 0.6 is 11.6 Å². The molecule has 0 saturated carbocycles. The minimum Gasteiger partial charge on any atom is -0.341 e. The van der Waals surface area contributed by atoms with E-state index < -0.39 is 0 Å². The molecule has 1 heterocycles. The van der Waals surface area contributed by atoms with Gasteiger partial charge in [0.05, 0.1) is 23.5 Å². The second-order valence-electron chi connectivity index (χ2n) is 2.50. The van der Waals surface area contributed by atoms with Gasteiger partial charge in [0.15, 0.2) is 0 Å². The van der Waals surface area contributed by atoms with Crippen LogP contribution in [0.4, 0.5) is 5.95 Å². The van der Waals surface area contributed by atoms with Crippen LogP contribution < -0.4 is 5.32 Å². The number of halogens is 1. The molecule has 0 aromatic carbocycles. The zero-order valence-corrected chi connectivity index (χ0v) is 8.04. The molecule has 68 valence electrons. The van der Waals surface area contributed by atoms with Crippen LogP contribution in [-0.4, -0.2) is 16.0 Å². The summed E-state index contributed by atoms with van der Waals surface area (Å²) in [5.41, 5.74) is 0. The maximum atomic E-state index is 5.62. The lowest BCUT2D eigenvalue weighted by Gasteiger charge is -2.09. The molecular formula is C9H10ClN3. The molecule has 0 aliphatic rings. The number of rotatable bonds is 3. The van der Waals surface area contributed by atoms with E-state index in [4.69, 9.17) is 18.0 Å². The molecule has 1 unspecified atom stereocenters. The third-order valence-electron chi connectivity index (χ3n) is 1.53. The van der Waals surface area contributed by atoms with Gasteiger partial charge in [-0.05, 0) is 6.42 Å². The first kappa shape index (κ1) is 9.82. The zero-order valence-electron chi connectivity index (χ0n) is 7.29. The first-order chi connectivity index (χ1) is 6.26. The topological polar surface area (TPSA) is 37.8 Å².